The number of nitrogens with zero attached hydrogens (tertiary/aromatic N) is 1. The maximum Gasteiger partial charge on any atom is 0.223 e. The van der Waals surface area contributed by atoms with Crippen molar-refractivity contribution in [2.24, 2.45) is 0 Å². The van der Waals surface area contributed by atoms with E-state index in [4.69, 9.17) is 4.74 Å². The largest absolute Gasteiger partial charge is 0.488 e. The second kappa shape index (κ2) is 7.15. The minimum atomic E-state index is -0.00801. The van der Waals surface area contributed by atoms with Gasteiger partial charge in [-0.25, -0.2) is 0 Å². The predicted octanol–water partition coefficient (Wildman–Crippen LogP) is 3.14. The van der Waals surface area contributed by atoms with Gasteiger partial charge in [-0.05, 0) is 19.8 Å². The van der Waals surface area contributed by atoms with Gasteiger partial charge < -0.3 is 9.30 Å². The van der Waals surface area contributed by atoms with Gasteiger partial charge in [-0.3, -0.25) is 4.79 Å². The first-order valence-corrected chi connectivity index (χ1v) is 6.53. The fourth-order valence-corrected chi connectivity index (χ4v) is 1.72. The van der Waals surface area contributed by atoms with E-state index in [0.29, 0.717) is 12.4 Å². The van der Waals surface area contributed by atoms with Crippen molar-refractivity contribution in [3.8, 4) is 5.75 Å². The third kappa shape index (κ3) is 3.91. The zero-order valence-corrected chi connectivity index (χ0v) is 11.2. The summed E-state index contributed by atoms with van der Waals surface area (Å²) in [4.78, 5) is 11.7. The zero-order valence-electron chi connectivity index (χ0n) is 11.2. The molecule has 0 atom stereocenters. The molecule has 1 rings (SSSR count). The van der Waals surface area contributed by atoms with Crippen LogP contribution in [0.15, 0.2) is 17.1 Å². The lowest BCUT2D eigenvalue weighted by Gasteiger charge is -2.14. The average Bonchev–Trinajstić information content (AvgIpc) is 2.32. The Bertz CT molecular complexity index is 396. The first kappa shape index (κ1) is 13.8. The molecule has 0 radical (unpaired) electrons. The normalized spacial score (nSPS) is 10.5. The van der Waals surface area contributed by atoms with E-state index < -0.39 is 0 Å². The molecule has 0 aliphatic carbocycles. The van der Waals surface area contributed by atoms with Gasteiger partial charge in [0.1, 0.15) is 0 Å². The van der Waals surface area contributed by atoms with Crippen molar-refractivity contribution in [2.75, 3.05) is 6.61 Å². The number of unbranched alkanes of at least 4 members (excludes halogenated alkanes) is 2. The van der Waals surface area contributed by atoms with Crippen molar-refractivity contribution in [1.29, 1.82) is 0 Å². The Balaban J connectivity index is 2.82. The Morgan fingerprint density at radius 1 is 1.24 bits per heavy atom. The number of pyridine rings is 1. The van der Waals surface area contributed by atoms with Gasteiger partial charge in [0.05, 0.1) is 12.3 Å². The first-order chi connectivity index (χ1) is 8.20. The van der Waals surface area contributed by atoms with Gasteiger partial charge in [-0.15, -0.1) is 0 Å². The van der Waals surface area contributed by atoms with Crippen LogP contribution in [0.25, 0.3) is 0 Å². The molecule has 96 valence electrons. The monoisotopic (exact) mass is 237 g/mol. The number of hydrogen-bond acceptors (Lipinski definition) is 2. The van der Waals surface area contributed by atoms with Gasteiger partial charge in [0.15, 0.2) is 5.75 Å². The summed E-state index contributed by atoms with van der Waals surface area (Å²) in [5.74, 6) is 0.525. The van der Waals surface area contributed by atoms with Crippen molar-refractivity contribution >= 4 is 0 Å². The van der Waals surface area contributed by atoms with E-state index in [1.807, 2.05) is 13.1 Å². The lowest BCUT2D eigenvalue weighted by Crippen LogP contribution is -2.15. The van der Waals surface area contributed by atoms with Crippen molar-refractivity contribution in [3.05, 3.63) is 28.2 Å². The van der Waals surface area contributed by atoms with Crippen LogP contribution < -0.4 is 10.2 Å². The molecule has 0 saturated heterocycles. The van der Waals surface area contributed by atoms with Crippen LogP contribution in [-0.2, 0) is 6.54 Å². The molecule has 3 heteroatoms. The smallest absolute Gasteiger partial charge is 0.223 e. The van der Waals surface area contributed by atoms with Crippen LogP contribution in [0.2, 0.25) is 0 Å². The summed E-state index contributed by atoms with van der Waals surface area (Å²) in [5, 5.41) is 0. The summed E-state index contributed by atoms with van der Waals surface area (Å²) in [6.45, 7) is 7.81. The Labute approximate surface area is 103 Å². The standard InChI is InChI=1S/C14H23NO2/c1-4-6-9-15-10-8-13(16)14(12(15)3)17-11-7-5-2/h8,10H,4-7,9,11H2,1-3H3. The molecular formula is C14H23NO2. The number of ether oxygens (including phenoxy) is 1. The molecular weight excluding hydrogens is 214 g/mol. The first-order valence-electron chi connectivity index (χ1n) is 6.53. The summed E-state index contributed by atoms with van der Waals surface area (Å²) in [5.41, 5.74) is 0.938. The van der Waals surface area contributed by atoms with Crippen LogP contribution in [0.1, 0.15) is 45.2 Å². The van der Waals surface area contributed by atoms with Gasteiger partial charge in [0.2, 0.25) is 5.43 Å². The Morgan fingerprint density at radius 2 is 1.94 bits per heavy atom. The highest BCUT2D eigenvalue weighted by molar-refractivity contribution is 5.27. The maximum absolute atomic E-state index is 11.7. The Kier molecular flexibility index (Phi) is 5.81. The summed E-state index contributed by atoms with van der Waals surface area (Å²) < 4.78 is 7.70. The van der Waals surface area contributed by atoms with E-state index in [0.717, 1.165) is 37.9 Å². The van der Waals surface area contributed by atoms with Gasteiger partial charge in [-0.2, -0.15) is 0 Å². The molecule has 3 nitrogen and oxygen atoms in total. The SMILES string of the molecule is CCCCOc1c(C)n(CCCC)ccc1=O. The van der Waals surface area contributed by atoms with E-state index >= 15 is 0 Å². The molecule has 0 fully saturated rings. The second-order valence-electron chi connectivity index (χ2n) is 4.34. The van der Waals surface area contributed by atoms with E-state index in [1.54, 1.807) is 6.07 Å². The van der Waals surface area contributed by atoms with E-state index in [2.05, 4.69) is 18.4 Å². The highest BCUT2D eigenvalue weighted by Crippen LogP contribution is 2.13. The maximum atomic E-state index is 11.7. The Hall–Kier alpha value is -1.25. The molecule has 0 aliphatic rings. The number of rotatable bonds is 7. The third-order valence-electron chi connectivity index (χ3n) is 2.89. The number of hydrogen-bond donors (Lipinski definition) is 0. The van der Waals surface area contributed by atoms with Crippen LogP contribution in [0.3, 0.4) is 0 Å². The summed E-state index contributed by atoms with van der Waals surface area (Å²) in [7, 11) is 0. The van der Waals surface area contributed by atoms with Gasteiger partial charge in [-0.1, -0.05) is 26.7 Å². The molecule has 0 bridgehead atoms. The second-order valence-corrected chi connectivity index (χ2v) is 4.34. The molecule has 1 aromatic heterocycles. The van der Waals surface area contributed by atoms with Crippen LogP contribution in [0, 0.1) is 6.92 Å². The van der Waals surface area contributed by atoms with Crippen molar-refractivity contribution in [1.82, 2.24) is 4.57 Å². The van der Waals surface area contributed by atoms with Crippen LogP contribution in [0.5, 0.6) is 5.75 Å². The topological polar surface area (TPSA) is 31.2 Å². The fraction of sp³-hybridized carbons (Fsp3) is 0.643. The van der Waals surface area contributed by atoms with Gasteiger partial charge in [0.25, 0.3) is 0 Å². The number of aryl methyl sites for hydroxylation is 1. The lowest BCUT2D eigenvalue weighted by atomic mass is 10.2. The van der Waals surface area contributed by atoms with Gasteiger partial charge in [0, 0.05) is 18.8 Å². The molecule has 0 saturated carbocycles. The summed E-state index contributed by atoms with van der Waals surface area (Å²) >= 11 is 0. The molecule has 0 aromatic carbocycles. The van der Waals surface area contributed by atoms with E-state index in [9.17, 15) is 4.79 Å². The highest BCUT2D eigenvalue weighted by Gasteiger charge is 2.07. The van der Waals surface area contributed by atoms with Crippen LogP contribution in [-0.4, -0.2) is 11.2 Å². The molecule has 1 aromatic rings. The minimum absolute atomic E-state index is 0.00801. The van der Waals surface area contributed by atoms with E-state index in [1.165, 1.54) is 0 Å². The van der Waals surface area contributed by atoms with Crippen LogP contribution >= 0.6 is 0 Å². The fourth-order valence-electron chi connectivity index (χ4n) is 1.72. The van der Waals surface area contributed by atoms with E-state index in [-0.39, 0.29) is 5.43 Å². The van der Waals surface area contributed by atoms with Crippen LogP contribution in [0.4, 0.5) is 0 Å². The predicted molar refractivity (Wildman–Crippen MR) is 70.8 cm³/mol. The van der Waals surface area contributed by atoms with Crippen molar-refractivity contribution < 1.29 is 4.74 Å². The summed E-state index contributed by atoms with van der Waals surface area (Å²) in [6.07, 6.45) is 6.20. The molecule has 0 amide bonds. The molecule has 1 heterocycles. The summed E-state index contributed by atoms with van der Waals surface area (Å²) in [6, 6.07) is 1.60. The third-order valence-corrected chi connectivity index (χ3v) is 2.89. The molecule has 17 heavy (non-hydrogen) atoms. The number of aromatic nitrogens is 1. The molecule has 0 N–H and O–H groups in total. The molecule has 0 unspecified atom stereocenters. The molecule has 0 spiro atoms. The zero-order chi connectivity index (χ0) is 12.7. The van der Waals surface area contributed by atoms with Crippen molar-refractivity contribution in [2.45, 2.75) is 53.0 Å². The molecule has 0 aliphatic heterocycles. The highest BCUT2D eigenvalue weighted by atomic mass is 16.5. The minimum Gasteiger partial charge on any atom is -0.488 e. The average molecular weight is 237 g/mol. The van der Waals surface area contributed by atoms with Crippen molar-refractivity contribution in [3.63, 3.8) is 0 Å². The lowest BCUT2D eigenvalue weighted by molar-refractivity contribution is 0.300. The Morgan fingerprint density at radius 3 is 2.59 bits per heavy atom. The quantitative estimate of drug-likeness (QED) is 0.682. The van der Waals surface area contributed by atoms with Gasteiger partial charge >= 0.3 is 0 Å².